The Labute approximate surface area is 214 Å². The second-order valence-electron chi connectivity index (χ2n) is 9.15. The molecule has 0 bridgehead atoms. The molecule has 4 heterocycles. The molecule has 1 aliphatic carbocycles. The fourth-order valence-corrected chi connectivity index (χ4v) is 4.38. The van der Waals surface area contributed by atoms with Crippen molar-refractivity contribution < 1.29 is 17.9 Å². The van der Waals surface area contributed by atoms with Gasteiger partial charge in [-0.15, -0.1) is 0 Å². The van der Waals surface area contributed by atoms with Gasteiger partial charge in [0.2, 0.25) is 11.8 Å². The average Bonchev–Trinajstić information content (AvgIpc) is 3.56. The zero-order valence-corrected chi connectivity index (χ0v) is 20.4. The highest BCUT2D eigenvalue weighted by Gasteiger charge is 2.35. The number of aromatic nitrogens is 8. The monoisotopic (exact) mass is 521 g/mol. The molecule has 0 atom stereocenters. The number of alkyl halides is 3. The van der Waals surface area contributed by atoms with E-state index in [2.05, 4.69) is 25.1 Å². The minimum Gasteiger partial charge on any atom is -0.480 e. The minimum atomic E-state index is -4.50. The highest BCUT2D eigenvalue weighted by molar-refractivity contribution is 5.77. The van der Waals surface area contributed by atoms with Gasteiger partial charge in [-0.3, -0.25) is 0 Å². The minimum absolute atomic E-state index is 0.141. The molecule has 0 amide bonds. The number of hydrogen-bond donors (Lipinski definition) is 1. The van der Waals surface area contributed by atoms with Gasteiger partial charge in [0.15, 0.2) is 17.2 Å². The van der Waals surface area contributed by atoms with Crippen LogP contribution in [0.5, 0.6) is 5.88 Å². The van der Waals surface area contributed by atoms with Crippen molar-refractivity contribution in [2.24, 2.45) is 0 Å². The van der Waals surface area contributed by atoms with Crippen molar-refractivity contribution in [2.75, 3.05) is 12.8 Å². The Morgan fingerprint density at radius 3 is 2.50 bits per heavy atom. The number of methoxy groups -OCH3 is 1. The van der Waals surface area contributed by atoms with Crippen molar-refractivity contribution in [3.05, 3.63) is 65.4 Å². The normalized spacial score (nSPS) is 13.8. The molecule has 0 aliphatic heterocycles. The van der Waals surface area contributed by atoms with Crippen LogP contribution in [-0.2, 0) is 12.7 Å². The largest absolute Gasteiger partial charge is 0.480 e. The molecule has 1 aromatic carbocycles. The fourth-order valence-electron chi connectivity index (χ4n) is 4.38. The third-order valence-corrected chi connectivity index (χ3v) is 6.37. The predicted octanol–water partition coefficient (Wildman–Crippen LogP) is 4.31. The van der Waals surface area contributed by atoms with Crippen LogP contribution >= 0.6 is 0 Å². The van der Waals surface area contributed by atoms with E-state index in [0.717, 1.165) is 35.6 Å². The molecule has 13 heteroatoms. The Morgan fingerprint density at radius 2 is 1.84 bits per heavy atom. The first-order chi connectivity index (χ1) is 18.2. The van der Waals surface area contributed by atoms with Gasteiger partial charge in [-0.1, -0.05) is 12.1 Å². The number of halogens is 3. The van der Waals surface area contributed by atoms with Crippen molar-refractivity contribution in [3.63, 3.8) is 0 Å². The molecule has 2 N–H and O–H groups in total. The van der Waals surface area contributed by atoms with Gasteiger partial charge in [-0.25, -0.2) is 24.3 Å². The molecular weight excluding hydrogens is 499 g/mol. The van der Waals surface area contributed by atoms with Crippen LogP contribution < -0.4 is 10.5 Å². The van der Waals surface area contributed by atoms with Crippen molar-refractivity contribution >= 4 is 17.0 Å². The van der Waals surface area contributed by atoms with E-state index in [4.69, 9.17) is 15.5 Å². The van der Waals surface area contributed by atoms with E-state index in [1.165, 1.54) is 11.8 Å². The molecule has 194 valence electrons. The van der Waals surface area contributed by atoms with E-state index in [1.54, 1.807) is 36.1 Å². The van der Waals surface area contributed by atoms with Crippen molar-refractivity contribution in [1.29, 1.82) is 0 Å². The summed E-state index contributed by atoms with van der Waals surface area (Å²) >= 11 is 0. The van der Waals surface area contributed by atoms with Gasteiger partial charge in [-0.05, 0) is 43.5 Å². The summed E-state index contributed by atoms with van der Waals surface area (Å²) in [5.74, 6) is 1.14. The van der Waals surface area contributed by atoms with Gasteiger partial charge in [0.05, 0.1) is 36.6 Å². The summed E-state index contributed by atoms with van der Waals surface area (Å²) in [5, 5.41) is 8.92. The number of benzene rings is 1. The summed E-state index contributed by atoms with van der Waals surface area (Å²) in [4.78, 5) is 18.0. The molecule has 0 spiro atoms. The standard InChI is InChI=1S/C25H22F3N9O/c1-13-9-18(25(26,27)28)35-37(13)17-7-3-14(4-8-17)12-36-22-16(11-31-36)10-30-21(33-22)19-20(15-5-6-15)32-24(29)34-23(19)38-2/h3-4,7-11,15H,5-6,12H2,1-2H3,(H2,29,32,34). The fraction of sp³-hybridized carbons (Fsp3) is 0.280. The van der Waals surface area contributed by atoms with E-state index in [0.29, 0.717) is 40.8 Å². The molecule has 0 radical (unpaired) electrons. The predicted molar refractivity (Wildman–Crippen MR) is 132 cm³/mol. The number of ether oxygens (including phenoxy) is 1. The highest BCUT2D eigenvalue weighted by Crippen LogP contribution is 2.45. The second-order valence-corrected chi connectivity index (χ2v) is 9.15. The molecule has 1 fully saturated rings. The lowest BCUT2D eigenvalue weighted by Gasteiger charge is -2.12. The molecule has 4 aromatic heterocycles. The Morgan fingerprint density at radius 1 is 1.08 bits per heavy atom. The van der Waals surface area contributed by atoms with E-state index in [-0.39, 0.29) is 11.9 Å². The Bertz CT molecular complexity index is 1650. The number of fused-ring (bicyclic) bond motifs is 1. The first-order valence-electron chi connectivity index (χ1n) is 11.8. The van der Waals surface area contributed by atoms with E-state index < -0.39 is 11.9 Å². The second kappa shape index (κ2) is 8.78. The van der Waals surface area contributed by atoms with Gasteiger partial charge in [0.25, 0.3) is 0 Å². The number of hydrogen-bond acceptors (Lipinski definition) is 8. The number of nitrogens with two attached hydrogens (primary N) is 1. The van der Waals surface area contributed by atoms with Crippen LogP contribution in [0.15, 0.2) is 42.7 Å². The Hall–Kier alpha value is -4.55. The lowest BCUT2D eigenvalue weighted by atomic mass is 10.1. The molecule has 0 unspecified atom stereocenters. The highest BCUT2D eigenvalue weighted by atomic mass is 19.4. The first kappa shape index (κ1) is 23.8. The van der Waals surface area contributed by atoms with Gasteiger partial charge in [-0.2, -0.15) is 28.4 Å². The van der Waals surface area contributed by atoms with E-state index >= 15 is 0 Å². The van der Waals surface area contributed by atoms with Crippen molar-refractivity contribution in [1.82, 2.24) is 39.5 Å². The molecule has 1 aliphatic rings. The molecule has 10 nitrogen and oxygen atoms in total. The molecule has 1 saturated carbocycles. The van der Waals surface area contributed by atoms with Crippen LogP contribution in [0.3, 0.4) is 0 Å². The summed E-state index contributed by atoms with van der Waals surface area (Å²) in [7, 11) is 1.52. The smallest absolute Gasteiger partial charge is 0.435 e. The summed E-state index contributed by atoms with van der Waals surface area (Å²) < 4.78 is 47.6. The van der Waals surface area contributed by atoms with Gasteiger partial charge in [0.1, 0.15) is 5.56 Å². The Balaban J connectivity index is 1.32. The zero-order chi connectivity index (χ0) is 26.6. The van der Waals surface area contributed by atoms with Crippen LogP contribution in [0, 0.1) is 6.92 Å². The molecular formula is C25H22F3N9O. The summed E-state index contributed by atoms with van der Waals surface area (Å²) in [5.41, 5.74) is 8.77. The maximum Gasteiger partial charge on any atom is 0.435 e. The quantitative estimate of drug-likeness (QED) is 0.351. The topological polar surface area (TPSA) is 122 Å². The zero-order valence-electron chi connectivity index (χ0n) is 20.4. The number of rotatable bonds is 6. The number of nitrogen functional groups attached to an aromatic ring is 1. The number of anilines is 1. The maximum absolute atomic E-state index is 13.0. The molecule has 6 rings (SSSR count). The average molecular weight is 522 g/mol. The van der Waals surface area contributed by atoms with Gasteiger partial charge >= 0.3 is 6.18 Å². The van der Waals surface area contributed by atoms with Gasteiger partial charge in [0, 0.05) is 17.8 Å². The van der Waals surface area contributed by atoms with Gasteiger partial charge < -0.3 is 10.5 Å². The van der Waals surface area contributed by atoms with Crippen LogP contribution in [-0.4, -0.2) is 46.6 Å². The first-order valence-corrected chi connectivity index (χ1v) is 11.8. The molecule has 5 aromatic rings. The van der Waals surface area contributed by atoms with Crippen molar-refractivity contribution in [2.45, 2.75) is 38.4 Å². The van der Waals surface area contributed by atoms with Crippen LogP contribution in [0.2, 0.25) is 0 Å². The van der Waals surface area contributed by atoms with Crippen LogP contribution in [0.4, 0.5) is 19.1 Å². The summed E-state index contributed by atoms with van der Waals surface area (Å²) in [6.45, 7) is 1.97. The summed E-state index contributed by atoms with van der Waals surface area (Å²) in [6, 6.07) is 8.11. The van der Waals surface area contributed by atoms with E-state index in [1.807, 2.05) is 12.1 Å². The van der Waals surface area contributed by atoms with Crippen LogP contribution in [0.25, 0.3) is 28.1 Å². The van der Waals surface area contributed by atoms with E-state index in [9.17, 15) is 13.2 Å². The third kappa shape index (κ3) is 4.29. The molecule has 38 heavy (non-hydrogen) atoms. The lowest BCUT2D eigenvalue weighted by Crippen LogP contribution is -2.08. The maximum atomic E-state index is 13.0. The molecule has 0 saturated heterocycles. The Kier molecular flexibility index (Phi) is 5.51. The van der Waals surface area contributed by atoms with Crippen LogP contribution in [0.1, 0.15) is 41.4 Å². The van der Waals surface area contributed by atoms with Crippen molar-refractivity contribution in [3.8, 4) is 23.0 Å². The summed E-state index contributed by atoms with van der Waals surface area (Å²) in [6.07, 6.45) is 0.865. The number of aryl methyl sites for hydroxylation is 1. The number of nitrogens with zero attached hydrogens (tertiary/aromatic N) is 8. The lowest BCUT2D eigenvalue weighted by molar-refractivity contribution is -0.141. The third-order valence-electron chi connectivity index (χ3n) is 6.37. The SMILES string of the molecule is COc1nc(N)nc(C2CC2)c1-c1ncc2cnn(Cc3ccc(-n4nc(C(F)(F)F)cc4C)cc3)c2n1.